The van der Waals surface area contributed by atoms with Crippen LogP contribution in [-0.4, -0.2) is 76.2 Å². The minimum atomic E-state index is -4.66. The summed E-state index contributed by atoms with van der Waals surface area (Å²) in [7, 11) is -3.10. The molecule has 206 valence electrons. The average molecular weight is 551 g/mol. The number of hydrogen-bond acceptors (Lipinski definition) is 6. The van der Waals surface area contributed by atoms with Crippen LogP contribution in [0.3, 0.4) is 0 Å². The van der Waals surface area contributed by atoms with Crippen molar-refractivity contribution < 1.29 is 22.9 Å². The van der Waals surface area contributed by atoms with E-state index in [0.29, 0.717) is 28.3 Å². The molecule has 3 aromatic rings. The van der Waals surface area contributed by atoms with E-state index in [1.54, 1.807) is 25.5 Å². The number of benzene rings is 1. The van der Waals surface area contributed by atoms with Gasteiger partial charge in [-0.05, 0) is 0 Å². The Morgan fingerprint density at radius 1 is 1.11 bits per heavy atom. The fraction of sp³-hybridized carbons (Fsp3) is 0.500. The third-order valence-electron chi connectivity index (χ3n) is 7.34. The van der Waals surface area contributed by atoms with Gasteiger partial charge in [0.1, 0.15) is 0 Å². The summed E-state index contributed by atoms with van der Waals surface area (Å²) in [5, 5.41) is 7.15. The van der Waals surface area contributed by atoms with Crippen LogP contribution in [0.1, 0.15) is 48.0 Å². The van der Waals surface area contributed by atoms with Gasteiger partial charge in [0.2, 0.25) is 0 Å². The fourth-order valence-corrected chi connectivity index (χ4v) is 7.25. The molecule has 3 aliphatic rings. The van der Waals surface area contributed by atoms with Crippen molar-refractivity contribution in [1.29, 1.82) is 0 Å². The molecule has 0 spiro atoms. The summed E-state index contributed by atoms with van der Waals surface area (Å²) in [6.07, 6.45) is 2.30. The molecule has 1 saturated heterocycles. The number of nitrogens with one attached hydrogen (secondary N) is 3. The molecule has 0 radical (unpaired) electrons. The molecule has 1 fully saturated rings. The number of anilines is 1. The van der Waals surface area contributed by atoms with Gasteiger partial charge >= 0.3 is 220 Å². The van der Waals surface area contributed by atoms with E-state index in [0.717, 1.165) is 57.9 Å². The number of halogens is 3. The van der Waals surface area contributed by atoms with Crippen molar-refractivity contribution in [2.24, 2.45) is 0 Å². The van der Waals surface area contributed by atoms with E-state index in [4.69, 9.17) is 0 Å². The molecule has 38 heavy (non-hydrogen) atoms. The number of hydrogen-bond donors (Lipinski definition) is 4. The van der Waals surface area contributed by atoms with E-state index >= 15 is 0 Å². The van der Waals surface area contributed by atoms with E-state index in [-0.39, 0.29) is 29.2 Å². The Bertz CT molecular complexity index is 1340. The second-order valence-corrected chi connectivity index (χ2v) is 14.3. The van der Waals surface area contributed by atoms with Crippen molar-refractivity contribution in [2.45, 2.75) is 44.3 Å². The van der Waals surface area contributed by atoms with E-state index in [9.17, 15) is 22.9 Å². The number of carbonyl (C=O) groups is 1. The number of H-pyrrole nitrogens is 1. The number of amides is 1. The number of carbonyl (C=O) groups excluding carboxylic acids is 1. The molecule has 1 amide bonds. The van der Waals surface area contributed by atoms with Crippen LogP contribution in [0.4, 0.5) is 19.1 Å². The van der Waals surface area contributed by atoms with Crippen LogP contribution in [0, 0.1) is 0 Å². The van der Waals surface area contributed by atoms with E-state index < -0.39 is 19.2 Å². The van der Waals surface area contributed by atoms with Crippen molar-refractivity contribution in [3.8, 4) is 11.3 Å². The van der Waals surface area contributed by atoms with Crippen molar-refractivity contribution in [2.75, 3.05) is 44.8 Å². The number of piperidine rings is 1. The Morgan fingerprint density at radius 3 is 2.66 bits per heavy atom. The molecule has 0 aliphatic carbocycles. The molecule has 5 heterocycles. The Hall–Kier alpha value is -2.75. The summed E-state index contributed by atoms with van der Waals surface area (Å²) in [6.45, 7) is 6.56. The van der Waals surface area contributed by atoms with Crippen LogP contribution < -0.4 is 15.9 Å². The first kappa shape index (κ1) is 26.8. The Morgan fingerprint density at radius 2 is 1.89 bits per heavy atom. The molecule has 8 bridgehead atoms. The van der Waals surface area contributed by atoms with E-state index in [1.165, 1.54) is 6.20 Å². The number of aromatic nitrogens is 3. The average Bonchev–Trinajstić information content (AvgIpc) is 3.27. The van der Waals surface area contributed by atoms with Crippen molar-refractivity contribution in [3.05, 3.63) is 35.7 Å². The first-order valence-corrected chi connectivity index (χ1v) is 16.1. The molecular formula is C26H34F3N6O2P. The Labute approximate surface area is 219 Å². The van der Waals surface area contributed by atoms with Crippen molar-refractivity contribution in [1.82, 2.24) is 25.2 Å². The van der Waals surface area contributed by atoms with Gasteiger partial charge in [-0.3, -0.25) is 0 Å². The summed E-state index contributed by atoms with van der Waals surface area (Å²) in [5.41, 5.74) is -0.151. The molecule has 0 saturated carbocycles. The van der Waals surface area contributed by atoms with Gasteiger partial charge in [-0.25, -0.2) is 0 Å². The minimum absolute atomic E-state index is 0.0352. The van der Waals surface area contributed by atoms with Gasteiger partial charge in [-0.1, -0.05) is 0 Å². The first-order valence-electron chi connectivity index (χ1n) is 13.1. The molecule has 1 unspecified atom stereocenters. The van der Waals surface area contributed by atoms with E-state index in [2.05, 4.69) is 30.5 Å². The quantitative estimate of drug-likeness (QED) is 0.342. The molecular weight excluding hydrogens is 516 g/mol. The first-order chi connectivity index (χ1) is 18.0. The van der Waals surface area contributed by atoms with Gasteiger partial charge in [0.05, 0.1) is 0 Å². The normalized spacial score (nSPS) is 21.9. The third kappa shape index (κ3) is 5.51. The summed E-state index contributed by atoms with van der Waals surface area (Å²) < 4.78 is 42.3. The van der Waals surface area contributed by atoms with Crippen LogP contribution >= 0.6 is 7.49 Å². The molecule has 3 aliphatic heterocycles. The molecule has 8 nitrogen and oxygen atoms in total. The predicted molar refractivity (Wildman–Crippen MR) is 146 cm³/mol. The Balaban J connectivity index is 1.67. The van der Waals surface area contributed by atoms with Crippen LogP contribution in [0.15, 0.2) is 24.5 Å². The van der Waals surface area contributed by atoms with E-state index in [1.807, 2.05) is 0 Å². The van der Waals surface area contributed by atoms with Crippen LogP contribution in [0.2, 0.25) is 0 Å². The van der Waals surface area contributed by atoms with Gasteiger partial charge in [-0.2, -0.15) is 0 Å². The number of fused-ring (bicyclic) bond motifs is 7. The van der Waals surface area contributed by atoms with Gasteiger partial charge in [0.15, 0.2) is 0 Å². The van der Waals surface area contributed by atoms with Crippen LogP contribution in [-0.2, 0) is 6.18 Å². The van der Waals surface area contributed by atoms with Crippen molar-refractivity contribution >= 4 is 35.6 Å². The third-order valence-corrected chi connectivity index (χ3v) is 9.08. The molecule has 6 rings (SSSR count). The number of alkyl halides is 3. The summed E-state index contributed by atoms with van der Waals surface area (Å²) in [4.78, 5) is 38.1. The number of aromatic amines is 1. The number of rotatable bonds is 1. The zero-order chi connectivity index (χ0) is 27.1. The topological polar surface area (TPSA) is 106 Å². The molecule has 1 aromatic carbocycles. The second-order valence-electron chi connectivity index (χ2n) is 10.7. The molecule has 2 atom stereocenters. The molecule has 4 N–H and O–H groups in total. The van der Waals surface area contributed by atoms with Gasteiger partial charge in [0, 0.05) is 0 Å². The van der Waals surface area contributed by atoms with Gasteiger partial charge in [0.25, 0.3) is 0 Å². The number of nitrogens with zero attached hydrogens (tertiary/aromatic N) is 3. The van der Waals surface area contributed by atoms with Crippen molar-refractivity contribution in [3.63, 3.8) is 0 Å². The standard InChI is InChI=1S/C26H34F3N6O2P/c1-38(2,37)23-18-9-8-17-19(13-31-22(17)23)21-20(26(27,28)29)14-32-25(34-21)33-16-7-6-12-35(15-16)11-5-3-4-10-30-24(18)36/h8-9,13-14,16,31,37-38H,3-7,10-12,15H2,1-2H3,(H,30,36)(H,32,33,34)/t16-/m0/s1. The van der Waals surface area contributed by atoms with Crippen LogP contribution in [0.25, 0.3) is 22.2 Å². The summed E-state index contributed by atoms with van der Waals surface area (Å²) in [5.74, 6) is -0.144. The zero-order valence-electron chi connectivity index (χ0n) is 21.6. The monoisotopic (exact) mass is 550 g/mol. The molecule has 2 aromatic heterocycles. The molecule has 12 heteroatoms. The second kappa shape index (κ2) is 10.4. The van der Waals surface area contributed by atoms with Gasteiger partial charge in [-0.15, -0.1) is 0 Å². The maximum absolute atomic E-state index is 14.1. The van der Waals surface area contributed by atoms with Crippen LogP contribution in [0.5, 0.6) is 0 Å². The van der Waals surface area contributed by atoms with Gasteiger partial charge < -0.3 is 0 Å². The fourth-order valence-electron chi connectivity index (χ4n) is 5.58. The summed E-state index contributed by atoms with van der Waals surface area (Å²) in [6, 6.07) is 3.25. The summed E-state index contributed by atoms with van der Waals surface area (Å²) >= 11 is 0. The zero-order valence-corrected chi connectivity index (χ0v) is 22.6. The SMILES string of the molecule is C[PH](C)(O)c1c2ccc3c(c[nH]c13)-c1nc(ncc1C(F)(F)F)N[C@H]1CCCN(CCCCCNC2=O)C1. The maximum atomic E-state index is 14.1. The predicted octanol–water partition coefficient (Wildman–Crippen LogP) is 3.98. The Kier molecular flexibility index (Phi) is 7.37.